The van der Waals surface area contributed by atoms with Crippen molar-refractivity contribution in [3.63, 3.8) is 0 Å². The lowest BCUT2D eigenvalue weighted by atomic mass is 9.87. The third-order valence-electron chi connectivity index (χ3n) is 5.21. The van der Waals surface area contributed by atoms with E-state index in [2.05, 4.69) is 0 Å². The standard InChI is InChI=1S/C18H24N2O2/c19-17(21)8-9-20(12-13-4-2-1-3-5-13)18(22)16-11-14-6-7-15(16)10-14/h1-5,14-16H,6-12H2,(H2,19,21). The molecule has 3 unspecified atom stereocenters. The van der Waals surface area contributed by atoms with Gasteiger partial charge in [-0.3, -0.25) is 9.59 Å². The van der Waals surface area contributed by atoms with Crippen molar-refractivity contribution in [2.45, 2.75) is 38.6 Å². The van der Waals surface area contributed by atoms with Crippen LogP contribution in [0.3, 0.4) is 0 Å². The lowest BCUT2D eigenvalue weighted by molar-refractivity contribution is -0.138. The SMILES string of the molecule is NC(=O)CCN(Cc1ccccc1)C(=O)C1CC2CCC1C2. The van der Waals surface area contributed by atoms with E-state index < -0.39 is 0 Å². The summed E-state index contributed by atoms with van der Waals surface area (Å²) in [6, 6.07) is 9.96. The summed E-state index contributed by atoms with van der Waals surface area (Å²) in [5.41, 5.74) is 6.37. The van der Waals surface area contributed by atoms with Gasteiger partial charge in [-0.1, -0.05) is 36.8 Å². The van der Waals surface area contributed by atoms with Gasteiger partial charge in [0.2, 0.25) is 11.8 Å². The topological polar surface area (TPSA) is 63.4 Å². The molecule has 3 rings (SSSR count). The van der Waals surface area contributed by atoms with Gasteiger partial charge in [-0.15, -0.1) is 0 Å². The molecule has 118 valence electrons. The highest BCUT2D eigenvalue weighted by Crippen LogP contribution is 2.48. The second-order valence-electron chi connectivity index (χ2n) is 6.74. The molecule has 2 aliphatic rings. The van der Waals surface area contributed by atoms with E-state index in [1.165, 1.54) is 19.3 Å². The van der Waals surface area contributed by atoms with Crippen molar-refractivity contribution in [3.8, 4) is 0 Å². The van der Waals surface area contributed by atoms with Crippen molar-refractivity contribution in [1.82, 2.24) is 4.90 Å². The van der Waals surface area contributed by atoms with Gasteiger partial charge in [-0.2, -0.15) is 0 Å². The number of primary amides is 1. The van der Waals surface area contributed by atoms with Crippen molar-refractivity contribution >= 4 is 11.8 Å². The maximum atomic E-state index is 12.9. The van der Waals surface area contributed by atoms with Crippen LogP contribution in [-0.4, -0.2) is 23.3 Å². The largest absolute Gasteiger partial charge is 0.370 e. The van der Waals surface area contributed by atoms with Gasteiger partial charge in [-0.05, 0) is 36.7 Å². The first kappa shape index (κ1) is 15.1. The number of rotatable bonds is 6. The Morgan fingerprint density at radius 1 is 1.14 bits per heavy atom. The van der Waals surface area contributed by atoms with Crippen LogP contribution in [0.25, 0.3) is 0 Å². The normalized spacial score (nSPS) is 26.1. The van der Waals surface area contributed by atoms with Crippen LogP contribution in [0.4, 0.5) is 0 Å². The van der Waals surface area contributed by atoms with E-state index in [9.17, 15) is 9.59 Å². The Balaban J connectivity index is 1.69. The molecule has 0 saturated heterocycles. The third kappa shape index (κ3) is 3.32. The summed E-state index contributed by atoms with van der Waals surface area (Å²) in [6.07, 6.45) is 4.96. The molecule has 1 aromatic carbocycles. The molecular formula is C18H24N2O2. The van der Waals surface area contributed by atoms with E-state index in [1.54, 1.807) is 0 Å². The summed E-state index contributed by atoms with van der Waals surface area (Å²) in [7, 11) is 0. The van der Waals surface area contributed by atoms with Gasteiger partial charge in [0.25, 0.3) is 0 Å². The maximum Gasteiger partial charge on any atom is 0.226 e. The molecule has 2 fully saturated rings. The summed E-state index contributed by atoms with van der Waals surface area (Å²) in [5, 5.41) is 0. The zero-order valence-corrected chi connectivity index (χ0v) is 12.9. The second kappa shape index (κ2) is 6.51. The van der Waals surface area contributed by atoms with E-state index in [-0.39, 0.29) is 24.2 Å². The molecule has 2 amide bonds. The van der Waals surface area contributed by atoms with Gasteiger partial charge >= 0.3 is 0 Å². The highest BCUT2D eigenvalue weighted by atomic mass is 16.2. The quantitative estimate of drug-likeness (QED) is 0.876. The zero-order valence-electron chi connectivity index (χ0n) is 12.9. The summed E-state index contributed by atoms with van der Waals surface area (Å²) in [5.74, 6) is 1.34. The van der Waals surface area contributed by atoms with E-state index in [4.69, 9.17) is 5.73 Å². The molecule has 2 bridgehead atoms. The highest BCUT2D eigenvalue weighted by molar-refractivity contribution is 5.81. The Morgan fingerprint density at radius 2 is 1.91 bits per heavy atom. The second-order valence-corrected chi connectivity index (χ2v) is 6.74. The lowest BCUT2D eigenvalue weighted by Gasteiger charge is -2.29. The zero-order chi connectivity index (χ0) is 15.5. The average Bonchev–Trinajstić information content (AvgIpc) is 3.14. The smallest absolute Gasteiger partial charge is 0.226 e. The maximum absolute atomic E-state index is 12.9. The molecule has 2 aliphatic carbocycles. The Kier molecular flexibility index (Phi) is 4.46. The van der Waals surface area contributed by atoms with E-state index in [0.717, 1.165) is 17.9 Å². The molecule has 0 aromatic heterocycles. The lowest BCUT2D eigenvalue weighted by Crippen LogP contribution is -2.39. The first-order valence-corrected chi connectivity index (χ1v) is 8.24. The van der Waals surface area contributed by atoms with Crippen LogP contribution < -0.4 is 5.73 Å². The molecule has 4 heteroatoms. The first-order valence-electron chi connectivity index (χ1n) is 8.24. The van der Waals surface area contributed by atoms with Crippen LogP contribution in [0.5, 0.6) is 0 Å². The van der Waals surface area contributed by atoms with E-state index in [1.807, 2.05) is 35.2 Å². The molecular weight excluding hydrogens is 276 g/mol. The Hall–Kier alpha value is -1.84. The number of hydrogen-bond acceptors (Lipinski definition) is 2. The van der Waals surface area contributed by atoms with Gasteiger partial charge in [-0.25, -0.2) is 0 Å². The van der Waals surface area contributed by atoms with Crippen molar-refractivity contribution in [2.24, 2.45) is 23.5 Å². The molecule has 3 atom stereocenters. The number of fused-ring (bicyclic) bond motifs is 2. The highest BCUT2D eigenvalue weighted by Gasteiger charge is 2.44. The number of carbonyl (C=O) groups excluding carboxylic acids is 2. The number of nitrogens with zero attached hydrogens (tertiary/aromatic N) is 1. The van der Waals surface area contributed by atoms with Crippen molar-refractivity contribution in [3.05, 3.63) is 35.9 Å². The van der Waals surface area contributed by atoms with Gasteiger partial charge in [0, 0.05) is 25.4 Å². The minimum absolute atomic E-state index is 0.162. The van der Waals surface area contributed by atoms with Crippen molar-refractivity contribution < 1.29 is 9.59 Å². The van der Waals surface area contributed by atoms with Gasteiger partial charge in [0.15, 0.2) is 0 Å². The molecule has 0 aliphatic heterocycles. The molecule has 1 aromatic rings. The van der Waals surface area contributed by atoms with Crippen LogP contribution in [0, 0.1) is 17.8 Å². The molecule has 0 spiro atoms. The van der Waals surface area contributed by atoms with Crippen LogP contribution >= 0.6 is 0 Å². The average molecular weight is 300 g/mol. The predicted molar refractivity (Wildman–Crippen MR) is 84.6 cm³/mol. The monoisotopic (exact) mass is 300 g/mol. The molecule has 2 saturated carbocycles. The van der Waals surface area contributed by atoms with Crippen LogP contribution in [0.15, 0.2) is 30.3 Å². The third-order valence-corrected chi connectivity index (χ3v) is 5.21. The minimum Gasteiger partial charge on any atom is -0.370 e. The van der Waals surface area contributed by atoms with E-state index in [0.29, 0.717) is 19.0 Å². The van der Waals surface area contributed by atoms with Crippen molar-refractivity contribution in [1.29, 1.82) is 0 Å². The Bertz CT molecular complexity index is 543. The molecule has 22 heavy (non-hydrogen) atoms. The van der Waals surface area contributed by atoms with Gasteiger partial charge < -0.3 is 10.6 Å². The number of nitrogens with two attached hydrogens (primary N) is 1. The number of benzene rings is 1. The van der Waals surface area contributed by atoms with Gasteiger partial charge in [0.05, 0.1) is 0 Å². The van der Waals surface area contributed by atoms with Crippen molar-refractivity contribution in [2.75, 3.05) is 6.54 Å². The van der Waals surface area contributed by atoms with E-state index >= 15 is 0 Å². The molecule has 0 heterocycles. The fraction of sp³-hybridized carbons (Fsp3) is 0.556. The molecule has 0 radical (unpaired) electrons. The summed E-state index contributed by atoms with van der Waals surface area (Å²) < 4.78 is 0. The Morgan fingerprint density at radius 3 is 2.50 bits per heavy atom. The fourth-order valence-electron chi connectivity index (χ4n) is 4.10. The van der Waals surface area contributed by atoms with Crippen LogP contribution in [0.1, 0.15) is 37.7 Å². The molecule has 4 nitrogen and oxygen atoms in total. The number of amides is 2. The summed E-state index contributed by atoms with van der Waals surface area (Å²) >= 11 is 0. The van der Waals surface area contributed by atoms with Gasteiger partial charge in [0.1, 0.15) is 0 Å². The Labute approximate surface area is 131 Å². The summed E-state index contributed by atoms with van der Waals surface area (Å²) in [6.45, 7) is 0.998. The minimum atomic E-state index is -0.348. The van der Waals surface area contributed by atoms with Crippen LogP contribution in [-0.2, 0) is 16.1 Å². The summed E-state index contributed by atoms with van der Waals surface area (Å²) in [4.78, 5) is 25.9. The number of carbonyl (C=O) groups is 2. The molecule has 2 N–H and O–H groups in total. The fourth-order valence-corrected chi connectivity index (χ4v) is 4.10. The first-order chi connectivity index (χ1) is 10.6. The van der Waals surface area contributed by atoms with Crippen LogP contribution in [0.2, 0.25) is 0 Å². The predicted octanol–water partition coefficient (Wildman–Crippen LogP) is 2.33. The number of hydrogen-bond donors (Lipinski definition) is 1.